The molecule has 0 saturated carbocycles. The third kappa shape index (κ3) is 3.21. The van der Waals surface area contributed by atoms with E-state index < -0.39 is 4.92 Å². The van der Waals surface area contributed by atoms with Crippen LogP contribution >= 0.6 is 0 Å². The summed E-state index contributed by atoms with van der Waals surface area (Å²) in [7, 11) is 0. The van der Waals surface area contributed by atoms with Crippen molar-refractivity contribution >= 4 is 22.3 Å². The van der Waals surface area contributed by atoms with E-state index in [0.29, 0.717) is 12.1 Å². The number of nitro benzene ring substituents is 1. The Bertz CT molecular complexity index is 614. The standard InChI is InChI=1S/C14H17N3O3/c1-10(18)4-3-8-15-12-7-9-16-14-11(12)5-2-6-13(14)17(19)20/h2,5-7,9-10,18H,3-4,8H2,1H3,(H,15,16). The number of rotatable bonds is 6. The summed E-state index contributed by atoms with van der Waals surface area (Å²) >= 11 is 0. The first-order chi connectivity index (χ1) is 9.59. The maximum atomic E-state index is 11.0. The topological polar surface area (TPSA) is 88.3 Å². The molecule has 0 aliphatic carbocycles. The molecule has 1 aromatic carbocycles. The molecule has 6 heteroatoms. The number of pyridine rings is 1. The first kappa shape index (κ1) is 14.2. The lowest BCUT2D eigenvalue weighted by molar-refractivity contribution is -0.383. The van der Waals surface area contributed by atoms with E-state index in [1.807, 2.05) is 6.07 Å². The Kier molecular flexibility index (Phi) is 4.47. The molecule has 6 nitrogen and oxygen atoms in total. The van der Waals surface area contributed by atoms with Gasteiger partial charge in [-0.15, -0.1) is 0 Å². The van der Waals surface area contributed by atoms with Crippen LogP contribution in [-0.4, -0.2) is 27.7 Å². The van der Waals surface area contributed by atoms with Crippen molar-refractivity contribution in [2.45, 2.75) is 25.9 Å². The van der Waals surface area contributed by atoms with E-state index >= 15 is 0 Å². The molecule has 0 fully saturated rings. The van der Waals surface area contributed by atoms with Crippen LogP contribution in [0.1, 0.15) is 19.8 Å². The van der Waals surface area contributed by atoms with Crippen molar-refractivity contribution in [1.82, 2.24) is 4.98 Å². The van der Waals surface area contributed by atoms with Crippen molar-refractivity contribution in [2.75, 3.05) is 11.9 Å². The number of nitrogens with one attached hydrogen (secondary N) is 1. The average molecular weight is 275 g/mol. The molecule has 0 radical (unpaired) electrons. The highest BCUT2D eigenvalue weighted by Gasteiger charge is 2.14. The first-order valence-corrected chi connectivity index (χ1v) is 6.53. The predicted molar refractivity (Wildman–Crippen MR) is 77.8 cm³/mol. The zero-order valence-electron chi connectivity index (χ0n) is 11.2. The SMILES string of the molecule is CC(O)CCCNc1ccnc2c([N+](=O)[O-])cccc12. The van der Waals surface area contributed by atoms with Crippen LogP contribution in [0, 0.1) is 10.1 Å². The Labute approximate surface area is 116 Å². The van der Waals surface area contributed by atoms with Gasteiger partial charge in [0, 0.05) is 29.9 Å². The fourth-order valence-corrected chi connectivity index (χ4v) is 2.08. The predicted octanol–water partition coefficient (Wildman–Crippen LogP) is 2.72. The van der Waals surface area contributed by atoms with Crippen LogP contribution in [0.5, 0.6) is 0 Å². The number of para-hydroxylation sites is 1. The van der Waals surface area contributed by atoms with E-state index in [9.17, 15) is 15.2 Å². The maximum Gasteiger partial charge on any atom is 0.295 e. The van der Waals surface area contributed by atoms with Crippen molar-refractivity contribution < 1.29 is 10.0 Å². The van der Waals surface area contributed by atoms with E-state index in [2.05, 4.69) is 10.3 Å². The fourth-order valence-electron chi connectivity index (χ4n) is 2.08. The lowest BCUT2D eigenvalue weighted by atomic mass is 10.1. The number of fused-ring (bicyclic) bond motifs is 1. The summed E-state index contributed by atoms with van der Waals surface area (Å²) in [6, 6.07) is 6.72. The van der Waals surface area contributed by atoms with Gasteiger partial charge in [0.05, 0.1) is 11.0 Å². The molecule has 1 unspecified atom stereocenters. The molecule has 0 saturated heterocycles. The van der Waals surface area contributed by atoms with Crippen molar-refractivity contribution in [2.24, 2.45) is 0 Å². The van der Waals surface area contributed by atoms with Crippen molar-refractivity contribution in [3.05, 3.63) is 40.6 Å². The molecule has 0 aliphatic heterocycles. The van der Waals surface area contributed by atoms with Gasteiger partial charge >= 0.3 is 0 Å². The minimum Gasteiger partial charge on any atom is -0.393 e. The van der Waals surface area contributed by atoms with Gasteiger partial charge in [0.15, 0.2) is 0 Å². The summed E-state index contributed by atoms with van der Waals surface area (Å²) in [5.41, 5.74) is 1.22. The highest BCUT2D eigenvalue weighted by Crippen LogP contribution is 2.28. The van der Waals surface area contributed by atoms with Crippen molar-refractivity contribution in [3.63, 3.8) is 0 Å². The van der Waals surface area contributed by atoms with Crippen LogP contribution in [0.3, 0.4) is 0 Å². The van der Waals surface area contributed by atoms with Gasteiger partial charge in [0.25, 0.3) is 5.69 Å². The highest BCUT2D eigenvalue weighted by atomic mass is 16.6. The van der Waals surface area contributed by atoms with Gasteiger partial charge < -0.3 is 10.4 Å². The van der Waals surface area contributed by atoms with Crippen molar-refractivity contribution in [3.8, 4) is 0 Å². The van der Waals surface area contributed by atoms with E-state index in [-0.39, 0.29) is 11.8 Å². The number of benzene rings is 1. The van der Waals surface area contributed by atoms with Gasteiger partial charge in [-0.05, 0) is 25.8 Å². The Morgan fingerprint density at radius 3 is 2.95 bits per heavy atom. The number of nitrogens with zero attached hydrogens (tertiary/aromatic N) is 2. The molecule has 106 valence electrons. The number of nitro groups is 1. The number of anilines is 1. The van der Waals surface area contributed by atoms with Crippen molar-refractivity contribution in [1.29, 1.82) is 0 Å². The number of hydrogen-bond donors (Lipinski definition) is 2. The average Bonchev–Trinajstić information content (AvgIpc) is 2.42. The molecule has 1 heterocycles. The molecular weight excluding hydrogens is 258 g/mol. The first-order valence-electron chi connectivity index (χ1n) is 6.53. The molecule has 1 atom stereocenters. The second kappa shape index (κ2) is 6.29. The maximum absolute atomic E-state index is 11.0. The molecule has 2 rings (SSSR count). The van der Waals surface area contributed by atoms with Gasteiger partial charge in [-0.3, -0.25) is 10.1 Å². The lowest BCUT2D eigenvalue weighted by Crippen LogP contribution is -2.07. The molecule has 2 N–H and O–H groups in total. The van der Waals surface area contributed by atoms with Gasteiger partial charge in [-0.2, -0.15) is 0 Å². The molecule has 20 heavy (non-hydrogen) atoms. The minimum absolute atomic E-state index is 0.00938. The summed E-state index contributed by atoms with van der Waals surface area (Å²) in [6.07, 6.45) is 2.80. The van der Waals surface area contributed by atoms with E-state index in [4.69, 9.17) is 0 Å². The fraction of sp³-hybridized carbons (Fsp3) is 0.357. The molecule has 2 aromatic rings. The molecule has 0 bridgehead atoms. The van der Waals surface area contributed by atoms with Gasteiger partial charge in [0.2, 0.25) is 0 Å². The summed E-state index contributed by atoms with van der Waals surface area (Å²) in [6.45, 7) is 2.46. The second-order valence-corrected chi connectivity index (χ2v) is 4.71. The molecule has 0 aliphatic rings. The van der Waals surface area contributed by atoms with E-state index in [0.717, 1.165) is 23.9 Å². The molecule has 1 aromatic heterocycles. The van der Waals surface area contributed by atoms with Crippen LogP contribution in [0.15, 0.2) is 30.5 Å². The third-order valence-corrected chi connectivity index (χ3v) is 3.06. The quantitative estimate of drug-likeness (QED) is 0.480. The number of hydrogen-bond acceptors (Lipinski definition) is 5. The number of aliphatic hydroxyl groups is 1. The van der Waals surface area contributed by atoms with Gasteiger partial charge in [-0.1, -0.05) is 12.1 Å². The van der Waals surface area contributed by atoms with Crippen LogP contribution in [0.25, 0.3) is 10.9 Å². The Hall–Kier alpha value is -2.21. The zero-order valence-corrected chi connectivity index (χ0v) is 11.2. The smallest absolute Gasteiger partial charge is 0.295 e. The molecule has 0 spiro atoms. The van der Waals surface area contributed by atoms with Crippen LogP contribution in [0.2, 0.25) is 0 Å². The lowest BCUT2D eigenvalue weighted by Gasteiger charge is -2.10. The molecular formula is C14H17N3O3. The second-order valence-electron chi connectivity index (χ2n) is 4.71. The normalized spacial score (nSPS) is 12.3. The molecule has 0 amide bonds. The minimum atomic E-state index is -0.424. The summed E-state index contributed by atoms with van der Waals surface area (Å²) < 4.78 is 0. The van der Waals surface area contributed by atoms with E-state index in [1.54, 1.807) is 25.3 Å². The largest absolute Gasteiger partial charge is 0.393 e. The number of non-ortho nitro benzene ring substituents is 1. The van der Waals surface area contributed by atoms with Crippen LogP contribution < -0.4 is 5.32 Å². The number of aromatic nitrogens is 1. The van der Waals surface area contributed by atoms with Gasteiger partial charge in [-0.25, -0.2) is 4.98 Å². The Morgan fingerprint density at radius 1 is 1.45 bits per heavy atom. The summed E-state index contributed by atoms with van der Waals surface area (Å²) in [4.78, 5) is 14.7. The van der Waals surface area contributed by atoms with E-state index in [1.165, 1.54) is 6.07 Å². The third-order valence-electron chi connectivity index (χ3n) is 3.06. The zero-order chi connectivity index (χ0) is 14.5. The highest BCUT2D eigenvalue weighted by molar-refractivity contribution is 5.96. The summed E-state index contributed by atoms with van der Waals surface area (Å²) in [5.74, 6) is 0. The van der Waals surface area contributed by atoms with Crippen LogP contribution in [0.4, 0.5) is 11.4 Å². The van der Waals surface area contributed by atoms with Gasteiger partial charge in [0.1, 0.15) is 5.52 Å². The number of aliphatic hydroxyl groups excluding tert-OH is 1. The monoisotopic (exact) mass is 275 g/mol. The summed E-state index contributed by atoms with van der Waals surface area (Å²) in [5, 5.41) is 24.2. The van der Waals surface area contributed by atoms with Crippen LogP contribution in [-0.2, 0) is 0 Å². The Balaban J connectivity index is 2.22. The Morgan fingerprint density at radius 2 is 2.25 bits per heavy atom.